The maximum atomic E-state index is 12.6. The minimum atomic E-state index is -0.450. The van der Waals surface area contributed by atoms with Crippen molar-refractivity contribution in [2.24, 2.45) is 0 Å². The van der Waals surface area contributed by atoms with Crippen LogP contribution in [0.15, 0.2) is 72.9 Å². The number of nitro benzene ring substituents is 1. The topological polar surface area (TPSA) is 85.6 Å². The van der Waals surface area contributed by atoms with E-state index in [1.54, 1.807) is 23.2 Å². The number of amides is 1. The lowest BCUT2D eigenvalue weighted by Gasteiger charge is -2.14. The quantitative estimate of drug-likeness (QED) is 0.352. The molecule has 0 aliphatic carbocycles. The Morgan fingerprint density at radius 1 is 1.17 bits per heavy atom. The van der Waals surface area contributed by atoms with Crippen LogP contribution in [0.2, 0.25) is 0 Å². The van der Waals surface area contributed by atoms with Gasteiger partial charge in [-0.3, -0.25) is 19.9 Å². The van der Waals surface area contributed by atoms with Crippen LogP contribution in [0.3, 0.4) is 0 Å². The number of carbonyl (C=O) groups excluding carboxylic acids is 1. The Balaban J connectivity index is 1.39. The standard InChI is InChI=1S/C23H19N3O4/c27-23(25-14-12-18-7-8-20(26(28)29)15-22(18)25)11-6-17-4-9-21(10-5-17)30-16-19-3-1-2-13-24-19/h1-11,13,15H,12,14,16H2/b11-6+. The third-order valence-corrected chi connectivity index (χ3v) is 4.85. The molecule has 1 aromatic heterocycles. The van der Waals surface area contributed by atoms with Crippen molar-refractivity contribution < 1.29 is 14.5 Å². The third kappa shape index (κ3) is 4.35. The molecule has 0 spiro atoms. The second-order valence-corrected chi connectivity index (χ2v) is 6.82. The van der Waals surface area contributed by atoms with Gasteiger partial charge in [-0.15, -0.1) is 0 Å². The summed E-state index contributed by atoms with van der Waals surface area (Å²) in [6.45, 7) is 0.898. The molecule has 7 nitrogen and oxygen atoms in total. The lowest BCUT2D eigenvalue weighted by molar-refractivity contribution is -0.384. The van der Waals surface area contributed by atoms with Crippen LogP contribution in [-0.2, 0) is 17.8 Å². The fraction of sp³-hybridized carbons (Fsp3) is 0.130. The fourth-order valence-corrected chi connectivity index (χ4v) is 3.28. The number of non-ortho nitro benzene ring substituents is 1. The zero-order valence-electron chi connectivity index (χ0n) is 16.1. The molecule has 1 amide bonds. The summed E-state index contributed by atoms with van der Waals surface area (Å²) in [5.74, 6) is 0.509. The number of hydrogen-bond donors (Lipinski definition) is 0. The average molecular weight is 401 g/mol. The number of rotatable bonds is 6. The molecule has 0 fully saturated rings. The van der Waals surface area contributed by atoms with Crippen LogP contribution in [0.25, 0.3) is 6.08 Å². The van der Waals surface area contributed by atoms with Crippen LogP contribution in [0.1, 0.15) is 16.8 Å². The van der Waals surface area contributed by atoms with Crippen molar-refractivity contribution in [2.45, 2.75) is 13.0 Å². The fourth-order valence-electron chi connectivity index (χ4n) is 3.28. The number of benzene rings is 2. The van der Waals surface area contributed by atoms with E-state index in [2.05, 4.69) is 4.98 Å². The van der Waals surface area contributed by atoms with Gasteiger partial charge in [0.05, 0.1) is 16.3 Å². The minimum absolute atomic E-state index is 0.0151. The van der Waals surface area contributed by atoms with Gasteiger partial charge in [-0.2, -0.15) is 0 Å². The molecular formula is C23H19N3O4. The zero-order chi connectivity index (χ0) is 20.9. The number of pyridine rings is 1. The van der Waals surface area contributed by atoms with Gasteiger partial charge in [0.1, 0.15) is 12.4 Å². The molecule has 0 saturated carbocycles. The minimum Gasteiger partial charge on any atom is -0.487 e. The molecule has 30 heavy (non-hydrogen) atoms. The Morgan fingerprint density at radius 3 is 2.73 bits per heavy atom. The summed E-state index contributed by atoms with van der Waals surface area (Å²) in [5, 5.41) is 11.0. The van der Waals surface area contributed by atoms with Crippen molar-refractivity contribution >= 4 is 23.4 Å². The number of carbonyl (C=O) groups is 1. The zero-order valence-corrected chi connectivity index (χ0v) is 16.1. The molecule has 7 heteroatoms. The molecule has 1 aliphatic heterocycles. The number of hydrogen-bond acceptors (Lipinski definition) is 5. The van der Waals surface area contributed by atoms with E-state index in [1.807, 2.05) is 42.5 Å². The van der Waals surface area contributed by atoms with E-state index < -0.39 is 4.92 Å². The normalized spacial score (nSPS) is 12.7. The van der Waals surface area contributed by atoms with Crippen LogP contribution in [-0.4, -0.2) is 22.4 Å². The van der Waals surface area contributed by atoms with Crippen LogP contribution < -0.4 is 9.64 Å². The van der Waals surface area contributed by atoms with E-state index in [0.717, 1.165) is 16.8 Å². The molecule has 2 aromatic carbocycles. The Hall–Kier alpha value is -4.00. The molecule has 0 atom stereocenters. The van der Waals surface area contributed by atoms with Gasteiger partial charge in [0, 0.05) is 31.0 Å². The van der Waals surface area contributed by atoms with Gasteiger partial charge < -0.3 is 9.64 Å². The maximum Gasteiger partial charge on any atom is 0.271 e. The predicted molar refractivity (Wildman–Crippen MR) is 113 cm³/mol. The van der Waals surface area contributed by atoms with E-state index in [9.17, 15) is 14.9 Å². The van der Waals surface area contributed by atoms with Crippen molar-refractivity contribution in [1.82, 2.24) is 4.98 Å². The number of fused-ring (bicyclic) bond motifs is 1. The molecular weight excluding hydrogens is 382 g/mol. The van der Waals surface area contributed by atoms with Crippen LogP contribution in [0.5, 0.6) is 5.75 Å². The SMILES string of the molecule is O=C(/C=C/c1ccc(OCc2ccccn2)cc1)N1CCc2ccc([N+](=O)[O-])cc21. The molecule has 0 N–H and O–H groups in total. The Kier molecular flexibility index (Phi) is 5.52. The van der Waals surface area contributed by atoms with Crippen molar-refractivity contribution in [3.05, 3.63) is 99.9 Å². The van der Waals surface area contributed by atoms with Crippen molar-refractivity contribution in [1.29, 1.82) is 0 Å². The van der Waals surface area contributed by atoms with Crippen LogP contribution in [0, 0.1) is 10.1 Å². The van der Waals surface area contributed by atoms with Gasteiger partial charge in [0.15, 0.2) is 0 Å². The van der Waals surface area contributed by atoms with Gasteiger partial charge in [0.25, 0.3) is 11.6 Å². The van der Waals surface area contributed by atoms with Gasteiger partial charge in [-0.25, -0.2) is 0 Å². The summed E-state index contributed by atoms with van der Waals surface area (Å²) in [4.78, 5) is 29.0. The average Bonchev–Trinajstić information content (AvgIpc) is 3.21. The second kappa shape index (κ2) is 8.57. The third-order valence-electron chi connectivity index (χ3n) is 4.85. The number of anilines is 1. The first-order valence-electron chi connectivity index (χ1n) is 9.50. The van der Waals surface area contributed by atoms with E-state index in [-0.39, 0.29) is 11.6 Å². The number of nitro groups is 1. The highest BCUT2D eigenvalue weighted by Crippen LogP contribution is 2.31. The summed E-state index contributed by atoms with van der Waals surface area (Å²) in [6, 6.07) is 17.7. The number of nitrogens with zero attached hydrogens (tertiary/aromatic N) is 3. The van der Waals surface area contributed by atoms with Gasteiger partial charge in [-0.1, -0.05) is 24.3 Å². The van der Waals surface area contributed by atoms with Gasteiger partial charge in [0.2, 0.25) is 0 Å². The molecule has 2 heterocycles. The smallest absolute Gasteiger partial charge is 0.271 e. The molecule has 4 rings (SSSR count). The van der Waals surface area contributed by atoms with Gasteiger partial charge >= 0.3 is 0 Å². The van der Waals surface area contributed by atoms with E-state index in [4.69, 9.17) is 4.74 Å². The monoisotopic (exact) mass is 401 g/mol. The number of aromatic nitrogens is 1. The highest BCUT2D eigenvalue weighted by molar-refractivity contribution is 6.05. The lowest BCUT2D eigenvalue weighted by atomic mass is 10.1. The first kappa shape index (κ1) is 19.3. The molecule has 0 bridgehead atoms. The number of ether oxygens (including phenoxy) is 1. The largest absolute Gasteiger partial charge is 0.487 e. The second-order valence-electron chi connectivity index (χ2n) is 6.82. The molecule has 1 aliphatic rings. The van der Waals surface area contributed by atoms with E-state index in [1.165, 1.54) is 18.2 Å². The first-order chi connectivity index (χ1) is 14.6. The van der Waals surface area contributed by atoms with Crippen LogP contribution in [0.4, 0.5) is 11.4 Å². The molecule has 0 saturated heterocycles. The first-order valence-corrected chi connectivity index (χ1v) is 9.50. The molecule has 150 valence electrons. The summed E-state index contributed by atoms with van der Waals surface area (Å²) in [6.07, 6.45) is 5.62. The lowest BCUT2D eigenvalue weighted by Crippen LogP contribution is -2.26. The predicted octanol–water partition coefficient (Wildman–Crippen LogP) is 4.17. The maximum absolute atomic E-state index is 12.6. The highest BCUT2D eigenvalue weighted by atomic mass is 16.6. The van der Waals surface area contributed by atoms with E-state index in [0.29, 0.717) is 31.0 Å². The highest BCUT2D eigenvalue weighted by Gasteiger charge is 2.25. The molecule has 3 aromatic rings. The van der Waals surface area contributed by atoms with Crippen LogP contribution >= 0.6 is 0 Å². The Labute approximate surface area is 173 Å². The van der Waals surface area contributed by atoms with Gasteiger partial charge in [-0.05, 0) is 47.9 Å². The van der Waals surface area contributed by atoms with Crippen molar-refractivity contribution in [3.8, 4) is 5.75 Å². The Morgan fingerprint density at radius 2 is 2.00 bits per heavy atom. The van der Waals surface area contributed by atoms with Crippen molar-refractivity contribution in [2.75, 3.05) is 11.4 Å². The van der Waals surface area contributed by atoms with E-state index >= 15 is 0 Å². The summed E-state index contributed by atoms with van der Waals surface area (Å²) >= 11 is 0. The Bertz CT molecular complexity index is 1100. The summed E-state index contributed by atoms with van der Waals surface area (Å²) in [5.41, 5.74) is 3.23. The molecule has 0 radical (unpaired) electrons. The molecule has 0 unspecified atom stereocenters. The van der Waals surface area contributed by atoms with Crippen molar-refractivity contribution in [3.63, 3.8) is 0 Å². The summed E-state index contributed by atoms with van der Waals surface area (Å²) < 4.78 is 5.71. The summed E-state index contributed by atoms with van der Waals surface area (Å²) in [7, 11) is 0.